The monoisotopic (exact) mass is 643 g/mol. The maximum Gasteiger partial charge on any atom is 0.220 e. The van der Waals surface area contributed by atoms with E-state index >= 15 is 0 Å². The molecule has 1 aliphatic carbocycles. The number of likely N-dealkylation sites (tertiary alicyclic amines) is 1. The van der Waals surface area contributed by atoms with E-state index in [9.17, 15) is 4.79 Å². The van der Waals surface area contributed by atoms with Crippen LogP contribution in [0.25, 0.3) is 11.1 Å². The second-order valence-corrected chi connectivity index (χ2v) is 14.0. The quantitative estimate of drug-likeness (QED) is 0.175. The van der Waals surface area contributed by atoms with E-state index in [1.54, 1.807) is 0 Å². The first-order chi connectivity index (χ1) is 22.3. The number of fused-ring (bicyclic) bond motifs is 1. The number of rotatable bonds is 14. The Morgan fingerprint density at radius 1 is 1.00 bits per heavy atom. The SMILES string of the molecule is CCCc1cc(O[C@H]2CCc3c(-c4cccc(OCCCN5C(C)CC5C)c4C)cccc32)c(Cl)cc1CNCC1CCC(=O)N1. The molecule has 6 nitrogen and oxygen atoms in total. The molecule has 0 bridgehead atoms. The third-order valence-electron chi connectivity index (χ3n) is 10.3. The fraction of sp³-hybridized carbons (Fsp3) is 0.513. The molecule has 3 aromatic carbocycles. The summed E-state index contributed by atoms with van der Waals surface area (Å²) in [6.07, 6.45) is 7.71. The molecular formula is C39H50ClN3O3. The molecule has 0 saturated carbocycles. The van der Waals surface area contributed by atoms with Gasteiger partial charge in [-0.15, -0.1) is 0 Å². The van der Waals surface area contributed by atoms with Crippen molar-refractivity contribution in [2.24, 2.45) is 0 Å². The second-order valence-electron chi connectivity index (χ2n) is 13.6. The number of benzene rings is 3. The Hall–Kier alpha value is -3.06. The van der Waals surface area contributed by atoms with Crippen molar-refractivity contribution in [3.8, 4) is 22.6 Å². The summed E-state index contributed by atoms with van der Waals surface area (Å²) in [5.41, 5.74) is 8.76. The lowest BCUT2D eigenvalue weighted by atomic mass is 9.93. The minimum absolute atomic E-state index is 0.0390. The molecule has 3 aromatic rings. The van der Waals surface area contributed by atoms with E-state index in [1.807, 2.05) is 0 Å². The van der Waals surface area contributed by atoms with E-state index in [2.05, 4.69) is 91.8 Å². The molecule has 2 fully saturated rings. The van der Waals surface area contributed by atoms with Crippen LogP contribution in [0.15, 0.2) is 48.5 Å². The smallest absolute Gasteiger partial charge is 0.220 e. The molecule has 2 aliphatic heterocycles. The van der Waals surface area contributed by atoms with E-state index in [-0.39, 0.29) is 18.1 Å². The van der Waals surface area contributed by atoms with Crippen LogP contribution in [0.2, 0.25) is 5.02 Å². The number of halogens is 1. The lowest BCUT2D eigenvalue weighted by Crippen LogP contribution is -2.53. The molecule has 2 saturated heterocycles. The van der Waals surface area contributed by atoms with Gasteiger partial charge in [-0.25, -0.2) is 0 Å². The third-order valence-corrected chi connectivity index (χ3v) is 10.6. The Labute approximate surface area is 280 Å². The number of hydrogen-bond acceptors (Lipinski definition) is 5. The lowest BCUT2D eigenvalue weighted by molar-refractivity contribution is -0.119. The van der Waals surface area contributed by atoms with Gasteiger partial charge in [0.2, 0.25) is 5.91 Å². The summed E-state index contributed by atoms with van der Waals surface area (Å²) in [7, 11) is 0. The minimum atomic E-state index is -0.0390. The average Bonchev–Trinajstić information content (AvgIpc) is 3.65. The van der Waals surface area contributed by atoms with Crippen LogP contribution in [0.5, 0.6) is 11.5 Å². The first-order valence-corrected chi connectivity index (χ1v) is 17.8. The highest BCUT2D eigenvalue weighted by atomic mass is 35.5. The molecule has 1 amide bonds. The Morgan fingerprint density at radius 2 is 1.80 bits per heavy atom. The van der Waals surface area contributed by atoms with Crippen LogP contribution in [0.4, 0.5) is 0 Å². The van der Waals surface area contributed by atoms with Gasteiger partial charge in [0.25, 0.3) is 0 Å². The molecule has 2 N–H and O–H groups in total. The Morgan fingerprint density at radius 3 is 2.57 bits per heavy atom. The van der Waals surface area contributed by atoms with Crippen molar-refractivity contribution in [1.29, 1.82) is 0 Å². The Bertz CT molecular complexity index is 1530. The van der Waals surface area contributed by atoms with Crippen LogP contribution >= 0.6 is 11.6 Å². The zero-order chi connectivity index (χ0) is 32.2. The van der Waals surface area contributed by atoms with Crippen LogP contribution in [0, 0.1) is 6.92 Å². The van der Waals surface area contributed by atoms with Gasteiger partial charge in [0.1, 0.15) is 17.6 Å². The molecule has 46 heavy (non-hydrogen) atoms. The summed E-state index contributed by atoms with van der Waals surface area (Å²) in [5, 5.41) is 7.21. The standard InChI is InChI=1S/C39H50ClN3O3/c1-5-9-28-22-38(35(40)21-29(28)23-41-24-30-14-17-39(44)42-30)46-37-16-15-33-32(11-6-12-34(33)37)31-10-7-13-36(27(31)4)45-19-8-18-43-25(2)20-26(43)3/h6-7,10-13,21-22,25-26,30,37,41H,5,8-9,14-20,23-24H2,1-4H3,(H,42,44)/t25?,26?,30?,37-/m0/s1. The largest absolute Gasteiger partial charge is 0.493 e. The summed E-state index contributed by atoms with van der Waals surface area (Å²) < 4.78 is 13.0. The van der Waals surface area contributed by atoms with Crippen molar-refractivity contribution < 1.29 is 14.3 Å². The molecule has 2 heterocycles. The summed E-state index contributed by atoms with van der Waals surface area (Å²) in [6, 6.07) is 18.9. The molecule has 0 spiro atoms. The zero-order valence-corrected chi connectivity index (χ0v) is 28.7. The number of ether oxygens (including phenoxy) is 2. The van der Waals surface area contributed by atoms with Gasteiger partial charge in [0, 0.05) is 44.2 Å². The summed E-state index contributed by atoms with van der Waals surface area (Å²) in [5.74, 6) is 1.88. The fourth-order valence-electron chi connectivity index (χ4n) is 7.74. The van der Waals surface area contributed by atoms with Gasteiger partial charge in [-0.1, -0.05) is 55.3 Å². The highest BCUT2D eigenvalue weighted by molar-refractivity contribution is 6.32. The van der Waals surface area contributed by atoms with Gasteiger partial charge in [-0.2, -0.15) is 0 Å². The summed E-state index contributed by atoms with van der Waals surface area (Å²) in [4.78, 5) is 14.1. The summed E-state index contributed by atoms with van der Waals surface area (Å²) >= 11 is 6.87. The van der Waals surface area contributed by atoms with Crippen LogP contribution in [0.1, 0.15) is 93.2 Å². The van der Waals surface area contributed by atoms with Gasteiger partial charge < -0.3 is 20.1 Å². The van der Waals surface area contributed by atoms with Crippen molar-refractivity contribution in [3.63, 3.8) is 0 Å². The normalized spacial score (nSPS) is 22.4. The van der Waals surface area contributed by atoms with Gasteiger partial charge in [-0.3, -0.25) is 9.69 Å². The predicted molar refractivity (Wildman–Crippen MR) is 187 cm³/mol. The van der Waals surface area contributed by atoms with Crippen molar-refractivity contribution in [2.75, 3.05) is 19.7 Å². The number of hydrogen-bond donors (Lipinski definition) is 2. The topological polar surface area (TPSA) is 62.8 Å². The molecule has 0 radical (unpaired) electrons. The van der Waals surface area contributed by atoms with Crippen molar-refractivity contribution >= 4 is 17.5 Å². The van der Waals surface area contributed by atoms with Crippen molar-refractivity contribution in [2.45, 2.75) is 110 Å². The fourth-order valence-corrected chi connectivity index (χ4v) is 7.97. The maximum atomic E-state index is 11.6. The number of carbonyl (C=O) groups excluding carboxylic acids is 1. The van der Waals surface area contributed by atoms with Crippen molar-refractivity contribution in [3.05, 3.63) is 81.4 Å². The van der Waals surface area contributed by atoms with Gasteiger partial charge in [0.05, 0.1) is 11.6 Å². The molecular weight excluding hydrogens is 594 g/mol. The third kappa shape index (κ3) is 7.25. The first-order valence-electron chi connectivity index (χ1n) is 17.4. The van der Waals surface area contributed by atoms with E-state index in [1.165, 1.54) is 45.4 Å². The van der Waals surface area contributed by atoms with Gasteiger partial charge >= 0.3 is 0 Å². The highest BCUT2D eigenvalue weighted by Crippen LogP contribution is 2.43. The number of amides is 1. The molecule has 246 valence electrons. The predicted octanol–water partition coefficient (Wildman–Crippen LogP) is 7.95. The van der Waals surface area contributed by atoms with Gasteiger partial charge in [0.15, 0.2) is 0 Å². The highest BCUT2D eigenvalue weighted by Gasteiger charge is 2.31. The van der Waals surface area contributed by atoms with Crippen molar-refractivity contribution in [1.82, 2.24) is 15.5 Å². The summed E-state index contributed by atoms with van der Waals surface area (Å²) in [6.45, 7) is 12.3. The Balaban J connectivity index is 1.13. The van der Waals surface area contributed by atoms with Crippen LogP contribution < -0.4 is 20.1 Å². The van der Waals surface area contributed by atoms with E-state index in [4.69, 9.17) is 21.1 Å². The second kappa shape index (κ2) is 14.8. The lowest BCUT2D eigenvalue weighted by Gasteiger charge is -2.45. The first kappa shape index (κ1) is 32.9. The van der Waals surface area contributed by atoms with E-state index in [0.717, 1.165) is 76.3 Å². The van der Waals surface area contributed by atoms with E-state index < -0.39 is 0 Å². The number of nitrogens with one attached hydrogen (secondary N) is 2. The molecule has 6 rings (SSSR count). The molecule has 7 heteroatoms. The maximum absolute atomic E-state index is 11.6. The molecule has 3 unspecified atom stereocenters. The molecule has 0 aromatic heterocycles. The van der Waals surface area contributed by atoms with Crippen LogP contribution in [-0.4, -0.2) is 48.6 Å². The number of carbonyl (C=O) groups is 1. The number of nitrogens with zero attached hydrogens (tertiary/aromatic N) is 1. The average molecular weight is 644 g/mol. The zero-order valence-electron chi connectivity index (χ0n) is 28.0. The molecule has 3 aliphatic rings. The van der Waals surface area contributed by atoms with Crippen LogP contribution in [0.3, 0.4) is 0 Å². The minimum Gasteiger partial charge on any atom is -0.493 e. The Kier molecular flexibility index (Phi) is 10.6. The van der Waals surface area contributed by atoms with E-state index in [0.29, 0.717) is 23.5 Å². The molecule has 4 atom stereocenters. The number of aryl methyl sites for hydroxylation is 1. The van der Waals surface area contributed by atoms with Crippen LogP contribution in [-0.2, 0) is 24.2 Å². The van der Waals surface area contributed by atoms with Gasteiger partial charge in [-0.05, 0) is 116 Å².